The number of carbonyl (C=O) groups is 1. The summed E-state index contributed by atoms with van der Waals surface area (Å²) in [4.78, 5) is 14.6. The van der Waals surface area contributed by atoms with Crippen LogP contribution in [0.4, 0.5) is 4.39 Å². The molecule has 90 valence electrons. The predicted octanol–water partition coefficient (Wildman–Crippen LogP) is 1.38. The van der Waals surface area contributed by atoms with Crippen LogP contribution in [0.3, 0.4) is 0 Å². The molecule has 2 aromatic rings. The third-order valence-electron chi connectivity index (χ3n) is 2.59. The summed E-state index contributed by atoms with van der Waals surface area (Å²) in [6.45, 7) is 2.17. The first-order valence-corrected chi connectivity index (χ1v) is 5.40. The summed E-state index contributed by atoms with van der Waals surface area (Å²) in [5.41, 5.74) is 6.36. The van der Waals surface area contributed by atoms with Gasteiger partial charge in [-0.15, -0.1) is 0 Å². The highest BCUT2D eigenvalue weighted by Gasteiger charge is 2.12. The van der Waals surface area contributed by atoms with E-state index in [1.54, 1.807) is 19.1 Å². The fourth-order valence-corrected chi connectivity index (χ4v) is 1.60. The van der Waals surface area contributed by atoms with Crippen molar-refractivity contribution in [2.45, 2.75) is 13.0 Å². The highest BCUT2D eigenvalue weighted by atomic mass is 19.1. The molecule has 0 fully saturated rings. The minimum Gasteiger partial charge on any atom is -0.350 e. The van der Waals surface area contributed by atoms with Crippen molar-refractivity contribution in [3.05, 3.63) is 35.8 Å². The van der Waals surface area contributed by atoms with Gasteiger partial charge in [0.2, 0.25) is 0 Å². The van der Waals surface area contributed by atoms with Crippen molar-refractivity contribution in [2.24, 2.45) is 5.73 Å². The van der Waals surface area contributed by atoms with Crippen LogP contribution in [0.15, 0.2) is 24.3 Å². The summed E-state index contributed by atoms with van der Waals surface area (Å²) in [5.74, 6) is -0.622. The zero-order chi connectivity index (χ0) is 12.4. The zero-order valence-electron chi connectivity index (χ0n) is 9.46. The largest absolute Gasteiger partial charge is 0.350 e. The minimum absolute atomic E-state index is 0.112. The van der Waals surface area contributed by atoms with Crippen LogP contribution in [-0.4, -0.2) is 23.5 Å². The van der Waals surface area contributed by atoms with Gasteiger partial charge in [-0.2, -0.15) is 0 Å². The molecule has 0 spiro atoms. The quantitative estimate of drug-likeness (QED) is 0.752. The molecule has 0 saturated carbocycles. The molecular weight excluding hydrogens is 221 g/mol. The molecule has 5 heteroatoms. The Hall–Kier alpha value is -1.88. The fourth-order valence-electron chi connectivity index (χ4n) is 1.60. The molecule has 17 heavy (non-hydrogen) atoms. The van der Waals surface area contributed by atoms with Crippen LogP contribution in [0.5, 0.6) is 0 Å². The topological polar surface area (TPSA) is 70.9 Å². The number of rotatable bonds is 3. The van der Waals surface area contributed by atoms with Crippen LogP contribution < -0.4 is 11.1 Å². The van der Waals surface area contributed by atoms with Crippen molar-refractivity contribution in [3.63, 3.8) is 0 Å². The average Bonchev–Trinajstić information content (AvgIpc) is 2.74. The van der Waals surface area contributed by atoms with Crippen LogP contribution in [0, 0.1) is 5.82 Å². The number of aromatic amines is 1. The van der Waals surface area contributed by atoms with Gasteiger partial charge >= 0.3 is 0 Å². The van der Waals surface area contributed by atoms with Crippen molar-refractivity contribution in [1.82, 2.24) is 10.3 Å². The summed E-state index contributed by atoms with van der Waals surface area (Å²) >= 11 is 0. The van der Waals surface area contributed by atoms with E-state index in [4.69, 9.17) is 5.73 Å². The van der Waals surface area contributed by atoms with Crippen LogP contribution >= 0.6 is 0 Å². The van der Waals surface area contributed by atoms with Gasteiger partial charge in [-0.3, -0.25) is 4.79 Å². The first-order valence-electron chi connectivity index (χ1n) is 5.40. The number of nitrogens with two attached hydrogens (primary N) is 1. The maximum absolute atomic E-state index is 13.4. The zero-order valence-corrected chi connectivity index (χ0v) is 9.46. The Morgan fingerprint density at radius 2 is 2.35 bits per heavy atom. The number of hydrogen-bond acceptors (Lipinski definition) is 2. The van der Waals surface area contributed by atoms with Gasteiger partial charge in [-0.25, -0.2) is 4.39 Å². The molecule has 0 radical (unpaired) electrons. The first-order chi connectivity index (χ1) is 8.11. The summed E-state index contributed by atoms with van der Waals surface area (Å²) in [6.07, 6.45) is 0. The third-order valence-corrected chi connectivity index (χ3v) is 2.59. The highest BCUT2D eigenvalue weighted by molar-refractivity contribution is 5.98. The normalized spacial score (nSPS) is 12.6. The summed E-state index contributed by atoms with van der Waals surface area (Å²) in [7, 11) is 0. The van der Waals surface area contributed by atoms with Gasteiger partial charge in [0.05, 0.1) is 0 Å². The number of fused-ring (bicyclic) bond motifs is 1. The van der Waals surface area contributed by atoms with E-state index in [0.717, 1.165) is 0 Å². The maximum Gasteiger partial charge on any atom is 0.267 e. The lowest BCUT2D eigenvalue weighted by Crippen LogP contribution is -2.37. The second-order valence-corrected chi connectivity index (χ2v) is 3.99. The molecule has 1 aromatic heterocycles. The summed E-state index contributed by atoms with van der Waals surface area (Å²) in [5, 5.41) is 3.12. The SMILES string of the molecule is CC(CN)NC(=O)c1cc2c(F)cccc2[nH]1. The lowest BCUT2D eigenvalue weighted by Gasteiger charge is -2.09. The molecule has 0 aliphatic rings. The highest BCUT2D eigenvalue weighted by Crippen LogP contribution is 2.18. The van der Waals surface area contributed by atoms with Gasteiger partial charge in [-0.05, 0) is 25.1 Å². The van der Waals surface area contributed by atoms with E-state index in [0.29, 0.717) is 23.1 Å². The van der Waals surface area contributed by atoms with Crippen molar-refractivity contribution in [3.8, 4) is 0 Å². The van der Waals surface area contributed by atoms with E-state index in [9.17, 15) is 9.18 Å². The van der Waals surface area contributed by atoms with E-state index in [1.165, 1.54) is 12.1 Å². The van der Waals surface area contributed by atoms with E-state index < -0.39 is 0 Å². The Bertz CT molecular complexity index is 550. The predicted molar refractivity (Wildman–Crippen MR) is 64.2 cm³/mol. The van der Waals surface area contributed by atoms with E-state index in [2.05, 4.69) is 10.3 Å². The molecule has 1 unspecified atom stereocenters. The van der Waals surface area contributed by atoms with Gasteiger partial charge in [0.15, 0.2) is 0 Å². The molecule has 0 aliphatic carbocycles. The average molecular weight is 235 g/mol. The van der Waals surface area contributed by atoms with E-state index >= 15 is 0 Å². The molecule has 1 amide bonds. The number of carbonyl (C=O) groups excluding carboxylic acids is 1. The van der Waals surface area contributed by atoms with Crippen LogP contribution in [0.1, 0.15) is 17.4 Å². The van der Waals surface area contributed by atoms with E-state index in [-0.39, 0.29) is 17.8 Å². The molecule has 1 aromatic carbocycles. The van der Waals surface area contributed by atoms with Crippen LogP contribution in [0.25, 0.3) is 10.9 Å². The Kier molecular flexibility index (Phi) is 3.10. The maximum atomic E-state index is 13.4. The van der Waals surface area contributed by atoms with Gasteiger partial charge < -0.3 is 16.0 Å². The van der Waals surface area contributed by atoms with Crippen LogP contribution in [0.2, 0.25) is 0 Å². The number of amides is 1. The molecule has 2 rings (SSSR count). The molecule has 1 heterocycles. The lowest BCUT2D eigenvalue weighted by molar-refractivity contribution is 0.0937. The second kappa shape index (κ2) is 4.55. The number of hydrogen-bond donors (Lipinski definition) is 3. The Labute approximate surface area is 98.0 Å². The second-order valence-electron chi connectivity index (χ2n) is 3.99. The smallest absolute Gasteiger partial charge is 0.267 e. The third kappa shape index (κ3) is 2.29. The van der Waals surface area contributed by atoms with Gasteiger partial charge in [0, 0.05) is 23.5 Å². The number of nitrogens with one attached hydrogen (secondary N) is 2. The monoisotopic (exact) mass is 235 g/mol. The van der Waals surface area contributed by atoms with Gasteiger partial charge in [-0.1, -0.05) is 6.07 Å². The molecule has 4 N–H and O–H groups in total. The summed E-state index contributed by atoms with van der Waals surface area (Å²) in [6, 6.07) is 6.07. The van der Waals surface area contributed by atoms with Crippen molar-refractivity contribution < 1.29 is 9.18 Å². The first kappa shape index (κ1) is 11.6. The number of H-pyrrole nitrogens is 1. The molecule has 0 saturated heterocycles. The molecule has 1 atom stereocenters. The van der Waals surface area contributed by atoms with Crippen molar-refractivity contribution in [2.75, 3.05) is 6.54 Å². The minimum atomic E-state index is -0.343. The fraction of sp³-hybridized carbons (Fsp3) is 0.250. The lowest BCUT2D eigenvalue weighted by atomic mass is 10.2. The Balaban J connectivity index is 2.30. The number of halogens is 1. The van der Waals surface area contributed by atoms with Gasteiger partial charge in [0.1, 0.15) is 11.5 Å². The van der Waals surface area contributed by atoms with Crippen LogP contribution in [-0.2, 0) is 0 Å². The van der Waals surface area contributed by atoms with Crippen molar-refractivity contribution >= 4 is 16.8 Å². The molecule has 0 aliphatic heterocycles. The standard InChI is InChI=1S/C12H14FN3O/c1-7(6-14)15-12(17)11-5-8-9(13)3-2-4-10(8)16-11/h2-5,7,16H,6,14H2,1H3,(H,15,17). The van der Waals surface area contributed by atoms with Crippen molar-refractivity contribution in [1.29, 1.82) is 0 Å². The van der Waals surface area contributed by atoms with Gasteiger partial charge in [0.25, 0.3) is 5.91 Å². The van der Waals surface area contributed by atoms with E-state index in [1.807, 2.05) is 0 Å². The Morgan fingerprint density at radius 1 is 1.59 bits per heavy atom. The Morgan fingerprint density at radius 3 is 3.00 bits per heavy atom. The number of benzene rings is 1. The molecular formula is C12H14FN3O. The number of aromatic nitrogens is 1. The molecule has 0 bridgehead atoms. The summed E-state index contributed by atoms with van der Waals surface area (Å²) < 4.78 is 13.4. The molecule has 4 nitrogen and oxygen atoms in total.